The van der Waals surface area contributed by atoms with E-state index >= 15 is 0 Å². The third kappa shape index (κ3) is 1.78. The number of primary amides is 1. The number of hydrogen-bond acceptors (Lipinski definition) is 2. The highest BCUT2D eigenvalue weighted by atomic mass is 35.5. The second kappa shape index (κ2) is 3.44. The second-order valence-electron chi connectivity index (χ2n) is 3.22. The van der Waals surface area contributed by atoms with Gasteiger partial charge in [0.1, 0.15) is 4.87 Å². The Morgan fingerprint density at radius 3 is 2.08 bits per heavy atom. The van der Waals surface area contributed by atoms with Crippen molar-refractivity contribution in [3.05, 3.63) is 0 Å². The lowest BCUT2D eigenvalue weighted by Crippen LogP contribution is -2.42. The van der Waals surface area contributed by atoms with E-state index in [-0.39, 0.29) is 0 Å². The summed E-state index contributed by atoms with van der Waals surface area (Å²) >= 11 is 5.97. The Balaban J connectivity index is 2.69. The first kappa shape index (κ1) is 9.52. The maximum absolute atomic E-state index is 11.2. The predicted octanol–water partition coefficient (Wildman–Crippen LogP) is 0.982. The van der Waals surface area contributed by atoms with Crippen LogP contribution in [0.15, 0.2) is 0 Å². The van der Waals surface area contributed by atoms with Gasteiger partial charge in [-0.1, -0.05) is 19.3 Å². The van der Waals surface area contributed by atoms with E-state index in [0.29, 0.717) is 12.8 Å². The highest BCUT2D eigenvalue weighted by Gasteiger charge is 2.39. The van der Waals surface area contributed by atoms with Gasteiger partial charge in [-0.25, -0.2) is 0 Å². The summed E-state index contributed by atoms with van der Waals surface area (Å²) in [6.07, 6.45) is 4.05. The number of hydrogen-bond donors (Lipinski definition) is 1. The average Bonchev–Trinajstić information content (AvgIpc) is 2.04. The van der Waals surface area contributed by atoms with Gasteiger partial charge in [-0.05, 0) is 12.8 Å². The zero-order valence-corrected chi connectivity index (χ0v) is 7.56. The summed E-state index contributed by atoms with van der Waals surface area (Å²) in [5.74, 6) is -1.53. The van der Waals surface area contributed by atoms with Crippen LogP contribution in [0.3, 0.4) is 0 Å². The van der Waals surface area contributed by atoms with Crippen molar-refractivity contribution in [2.75, 3.05) is 0 Å². The van der Waals surface area contributed by atoms with E-state index in [0.717, 1.165) is 19.3 Å². The molecule has 1 saturated carbocycles. The Morgan fingerprint density at radius 1 is 1.17 bits per heavy atom. The van der Waals surface area contributed by atoms with Crippen LogP contribution < -0.4 is 5.73 Å². The number of rotatable bonds is 2. The zero-order chi connectivity index (χ0) is 9.19. The first-order chi connectivity index (χ1) is 5.56. The van der Waals surface area contributed by atoms with Crippen molar-refractivity contribution in [3.8, 4) is 0 Å². The quantitative estimate of drug-likeness (QED) is 0.520. The van der Waals surface area contributed by atoms with Crippen molar-refractivity contribution in [2.24, 2.45) is 5.73 Å². The van der Waals surface area contributed by atoms with Gasteiger partial charge in [0.15, 0.2) is 0 Å². The Kier molecular flexibility index (Phi) is 2.73. The predicted molar refractivity (Wildman–Crippen MR) is 45.9 cm³/mol. The van der Waals surface area contributed by atoms with Crippen LogP contribution in [0.2, 0.25) is 0 Å². The first-order valence-corrected chi connectivity index (χ1v) is 4.47. The lowest BCUT2D eigenvalue weighted by atomic mass is 9.85. The molecule has 1 rings (SSSR count). The molecular formula is C8H12ClNO2. The van der Waals surface area contributed by atoms with E-state index in [1.54, 1.807) is 0 Å². The third-order valence-corrected chi connectivity index (χ3v) is 2.83. The molecular weight excluding hydrogens is 178 g/mol. The molecule has 0 aromatic rings. The largest absolute Gasteiger partial charge is 0.363 e. The monoisotopic (exact) mass is 189 g/mol. The molecule has 0 aromatic carbocycles. The molecule has 4 heteroatoms. The van der Waals surface area contributed by atoms with Gasteiger partial charge in [0.2, 0.25) is 5.78 Å². The van der Waals surface area contributed by atoms with E-state index in [1.807, 2.05) is 0 Å². The molecule has 0 heterocycles. The Morgan fingerprint density at radius 2 is 1.67 bits per heavy atom. The summed E-state index contributed by atoms with van der Waals surface area (Å²) in [6.45, 7) is 0. The molecule has 0 aromatic heterocycles. The highest BCUT2D eigenvalue weighted by Crippen LogP contribution is 2.34. The van der Waals surface area contributed by atoms with Gasteiger partial charge in [0.25, 0.3) is 5.91 Å². The van der Waals surface area contributed by atoms with Crippen molar-refractivity contribution < 1.29 is 9.59 Å². The average molecular weight is 190 g/mol. The van der Waals surface area contributed by atoms with E-state index in [1.165, 1.54) is 0 Å². The lowest BCUT2D eigenvalue weighted by molar-refractivity contribution is -0.138. The minimum Gasteiger partial charge on any atom is -0.363 e. The fourth-order valence-corrected chi connectivity index (χ4v) is 1.92. The van der Waals surface area contributed by atoms with Gasteiger partial charge in [0, 0.05) is 0 Å². The fourth-order valence-electron chi connectivity index (χ4n) is 1.56. The van der Waals surface area contributed by atoms with Crippen molar-refractivity contribution in [1.29, 1.82) is 0 Å². The Hall–Kier alpha value is -0.570. The number of halogens is 1. The van der Waals surface area contributed by atoms with Gasteiger partial charge in [0.05, 0.1) is 0 Å². The smallest absolute Gasteiger partial charge is 0.286 e. The first-order valence-electron chi connectivity index (χ1n) is 4.09. The summed E-state index contributed by atoms with van der Waals surface area (Å²) < 4.78 is 0. The van der Waals surface area contributed by atoms with Crippen LogP contribution in [0.25, 0.3) is 0 Å². The zero-order valence-electron chi connectivity index (χ0n) is 6.81. The number of carbonyl (C=O) groups is 2. The minimum absolute atomic E-state index is 0.580. The molecule has 0 radical (unpaired) electrons. The molecule has 0 saturated heterocycles. The van der Waals surface area contributed by atoms with Gasteiger partial charge < -0.3 is 5.73 Å². The summed E-state index contributed by atoms with van der Waals surface area (Å²) in [5, 5.41) is 0. The summed E-state index contributed by atoms with van der Waals surface area (Å²) in [7, 11) is 0. The van der Waals surface area contributed by atoms with Gasteiger partial charge in [-0.2, -0.15) is 0 Å². The van der Waals surface area contributed by atoms with Crippen molar-refractivity contribution >= 4 is 23.3 Å². The SMILES string of the molecule is NC(=O)C(=O)C1(Cl)CCCCC1. The number of amides is 1. The van der Waals surface area contributed by atoms with Gasteiger partial charge in [-0.3, -0.25) is 9.59 Å². The molecule has 0 aliphatic heterocycles. The molecule has 0 spiro atoms. The fraction of sp³-hybridized carbons (Fsp3) is 0.750. The topological polar surface area (TPSA) is 60.2 Å². The molecule has 1 aliphatic carbocycles. The van der Waals surface area contributed by atoms with E-state index in [4.69, 9.17) is 17.3 Å². The van der Waals surface area contributed by atoms with Crippen molar-refractivity contribution in [2.45, 2.75) is 37.0 Å². The lowest BCUT2D eigenvalue weighted by Gasteiger charge is -2.27. The molecule has 2 N–H and O–H groups in total. The molecule has 1 aliphatic rings. The van der Waals surface area contributed by atoms with E-state index in [2.05, 4.69) is 0 Å². The molecule has 0 bridgehead atoms. The molecule has 68 valence electrons. The van der Waals surface area contributed by atoms with Crippen LogP contribution in [-0.2, 0) is 9.59 Å². The Labute approximate surface area is 76.3 Å². The molecule has 0 atom stereocenters. The standard InChI is InChI=1S/C8H12ClNO2/c9-8(6(11)7(10)12)4-2-1-3-5-8/h1-5H2,(H2,10,12). The molecule has 12 heavy (non-hydrogen) atoms. The molecule has 1 fully saturated rings. The van der Waals surface area contributed by atoms with Crippen LogP contribution in [0.5, 0.6) is 0 Å². The van der Waals surface area contributed by atoms with Crippen LogP contribution in [0, 0.1) is 0 Å². The number of alkyl halides is 1. The van der Waals surface area contributed by atoms with Crippen molar-refractivity contribution in [1.82, 2.24) is 0 Å². The molecule has 0 unspecified atom stereocenters. The van der Waals surface area contributed by atoms with E-state index < -0.39 is 16.6 Å². The number of nitrogens with two attached hydrogens (primary N) is 1. The molecule has 1 amide bonds. The third-order valence-electron chi connectivity index (χ3n) is 2.28. The van der Waals surface area contributed by atoms with Gasteiger partial charge >= 0.3 is 0 Å². The van der Waals surface area contributed by atoms with Crippen LogP contribution in [-0.4, -0.2) is 16.6 Å². The van der Waals surface area contributed by atoms with Crippen LogP contribution in [0.1, 0.15) is 32.1 Å². The number of carbonyl (C=O) groups excluding carboxylic acids is 2. The minimum atomic E-state index is -0.982. The second-order valence-corrected chi connectivity index (χ2v) is 3.94. The number of Topliss-reactive ketones (excluding diaryl/α,β-unsaturated/α-hetero) is 1. The summed E-state index contributed by atoms with van der Waals surface area (Å²) in [4.78, 5) is 20.8. The number of ketones is 1. The van der Waals surface area contributed by atoms with Crippen molar-refractivity contribution in [3.63, 3.8) is 0 Å². The maximum Gasteiger partial charge on any atom is 0.286 e. The normalized spacial score (nSPS) is 21.8. The highest BCUT2D eigenvalue weighted by molar-refractivity contribution is 6.51. The maximum atomic E-state index is 11.2. The molecule has 3 nitrogen and oxygen atoms in total. The Bertz CT molecular complexity index is 209. The summed E-state index contributed by atoms with van der Waals surface area (Å²) in [5.41, 5.74) is 4.88. The summed E-state index contributed by atoms with van der Waals surface area (Å²) in [6, 6.07) is 0. The van der Waals surface area contributed by atoms with E-state index in [9.17, 15) is 9.59 Å². The van der Waals surface area contributed by atoms with Crippen LogP contribution >= 0.6 is 11.6 Å². The van der Waals surface area contributed by atoms with Gasteiger partial charge in [-0.15, -0.1) is 11.6 Å². The van der Waals surface area contributed by atoms with Crippen LogP contribution in [0.4, 0.5) is 0 Å².